The molecule has 172 valence electrons. The fourth-order valence-corrected chi connectivity index (χ4v) is 3.69. The maximum atomic E-state index is 13.1. The van der Waals surface area contributed by atoms with E-state index in [9.17, 15) is 31.1 Å². The van der Waals surface area contributed by atoms with Gasteiger partial charge in [-0.15, -0.1) is 0 Å². The minimum absolute atomic E-state index is 0.00171. The first-order valence-corrected chi connectivity index (χ1v) is 10.2. The molecule has 0 N–H and O–H groups in total. The van der Waals surface area contributed by atoms with Crippen LogP contribution in [0.15, 0.2) is 59.6 Å². The van der Waals surface area contributed by atoms with Crippen LogP contribution in [0.2, 0.25) is 0 Å². The summed E-state index contributed by atoms with van der Waals surface area (Å²) in [5.74, 6) is 0.0819. The number of amidine groups is 1. The van der Waals surface area contributed by atoms with E-state index in [2.05, 4.69) is 9.73 Å². The van der Waals surface area contributed by atoms with Crippen molar-refractivity contribution in [2.75, 3.05) is 23.9 Å². The number of para-hydroxylation sites is 1. The fourth-order valence-electron chi connectivity index (χ4n) is 2.74. The zero-order chi connectivity index (χ0) is 23.4. The molecular formula is C20H17F6N3O2S. The van der Waals surface area contributed by atoms with Gasteiger partial charge in [-0.1, -0.05) is 42.1 Å². The van der Waals surface area contributed by atoms with Crippen molar-refractivity contribution in [2.24, 2.45) is 4.99 Å². The van der Waals surface area contributed by atoms with Crippen LogP contribution < -0.4 is 9.64 Å². The number of aliphatic imine (C=N–C) groups is 1. The SMILES string of the molecule is O=C1N(CC(F)(F)F)/C(=N\Cc2ccc(OCC(F)(F)F)cc2)SCN1c1ccccc1. The molecular weight excluding hydrogens is 460 g/mol. The van der Waals surface area contributed by atoms with Gasteiger partial charge in [0, 0.05) is 5.69 Å². The van der Waals surface area contributed by atoms with Crippen molar-refractivity contribution in [3.05, 3.63) is 60.2 Å². The largest absolute Gasteiger partial charge is 0.484 e. The van der Waals surface area contributed by atoms with Crippen LogP contribution in [0.25, 0.3) is 0 Å². The van der Waals surface area contributed by atoms with Crippen LogP contribution >= 0.6 is 11.8 Å². The molecule has 5 nitrogen and oxygen atoms in total. The second-order valence-electron chi connectivity index (χ2n) is 6.67. The van der Waals surface area contributed by atoms with Gasteiger partial charge in [0.05, 0.1) is 12.4 Å². The summed E-state index contributed by atoms with van der Waals surface area (Å²) >= 11 is 0.983. The second-order valence-corrected chi connectivity index (χ2v) is 7.58. The third-order valence-electron chi connectivity index (χ3n) is 4.14. The van der Waals surface area contributed by atoms with Crippen molar-refractivity contribution in [3.8, 4) is 5.75 Å². The zero-order valence-corrected chi connectivity index (χ0v) is 17.2. The number of carbonyl (C=O) groups is 1. The normalized spacial score (nSPS) is 16.6. The van der Waals surface area contributed by atoms with Gasteiger partial charge in [0.1, 0.15) is 12.3 Å². The maximum absolute atomic E-state index is 13.1. The molecule has 2 aromatic carbocycles. The topological polar surface area (TPSA) is 45.1 Å². The number of hydrogen-bond donors (Lipinski definition) is 0. The van der Waals surface area contributed by atoms with Gasteiger partial charge in [0.15, 0.2) is 11.8 Å². The van der Waals surface area contributed by atoms with Gasteiger partial charge >= 0.3 is 18.4 Å². The van der Waals surface area contributed by atoms with Gasteiger partial charge in [-0.2, -0.15) is 26.3 Å². The lowest BCUT2D eigenvalue weighted by atomic mass is 10.2. The Morgan fingerprint density at radius 2 is 1.59 bits per heavy atom. The summed E-state index contributed by atoms with van der Waals surface area (Å²) in [5, 5.41) is -0.0862. The smallest absolute Gasteiger partial charge is 0.422 e. The number of alkyl halides is 6. The third kappa shape index (κ3) is 6.81. The summed E-state index contributed by atoms with van der Waals surface area (Å²) in [6, 6.07) is 13.0. The van der Waals surface area contributed by atoms with E-state index >= 15 is 0 Å². The number of amides is 2. The third-order valence-corrected chi connectivity index (χ3v) is 5.14. The Hall–Kier alpha value is -2.89. The Morgan fingerprint density at radius 3 is 2.19 bits per heavy atom. The fraction of sp³-hybridized carbons (Fsp3) is 0.300. The monoisotopic (exact) mass is 477 g/mol. The summed E-state index contributed by atoms with van der Waals surface area (Å²) < 4.78 is 80.6. The Morgan fingerprint density at radius 1 is 0.938 bits per heavy atom. The Bertz CT molecular complexity index is 949. The number of benzene rings is 2. The van der Waals surface area contributed by atoms with Crippen LogP contribution in [0.1, 0.15) is 5.56 Å². The molecule has 0 unspecified atom stereocenters. The summed E-state index contributed by atoms with van der Waals surface area (Å²) in [7, 11) is 0. The molecule has 1 saturated heterocycles. The van der Waals surface area contributed by atoms with Gasteiger partial charge in [-0.05, 0) is 29.8 Å². The lowest BCUT2D eigenvalue weighted by molar-refractivity contribution is -0.153. The first-order chi connectivity index (χ1) is 15.0. The maximum Gasteiger partial charge on any atom is 0.422 e. The quantitative estimate of drug-likeness (QED) is 0.503. The predicted octanol–water partition coefficient (Wildman–Crippen LogP) is 5.68. The molecule has 12 heteroatoms. The van der Waals surface area contributed by atoms with Crippen LogP contribution in [0.3, 0.4) is 0 Å². The zero-order valence-electron chi connectivity index (χ0n) is 16.4. The molecule has 1 aliphatic heterocycles. The van der Waals surface area contributed by atoms with Crippen LogP contribution in [-0.2, 0) is 6.54 Å². The summed E-state index contributed by atoms with van der Waals surface area (Å²) in [6.07, 6.45) is -9.10. The second kappa shape index (κ2) is 9.72. The molecule has 0 aromatic heterocycles. The number of urea groups is 1. The Labute approximate surface area is 183 Å². The first kappa shape index (κ1) is 23.8. The molecule has 2 aromatic rings. The van der Waals surface area contributed by atoms with Crippen LogP contribution in [0.4, 0.5) is 36.8 Å². The number of nitrogens with zero attached hydrogens (tertiary/aromatic N) is 3. The van der Waals surface area contributed by atoms with E-state index in [0.717, 1.165) is 11.8 Å². The van der Waals surface area contributed by atoms with Crippen molar-refractivity contribution >= 4 is 28.6 Å². The van der Waals surface area contributed by atoms with Gasteiger partial charge in [-0.25, -0.2) is 4.79 Å². The molecule has 0 bridgehead atoms. The molecule has 0 spiro atoms. The first-order valence-electron chi connectivity index (χ1n) is 9.18. The Kier molecular flexibility index (Phi) is 7.22. The average molecular weight is 477 g/mol. The van der Waals surface area contributed by atoms with Gasteiger partial charge in [0.25, 0.3) is 0 Å². The average Bonchev–Trinajstić information content (AvgIpc) is 2.73. The van der Waals surface area contributed by atoms with Crippen molar-refractivity contribution in [1.82, 2.24) is 4.90 Å². The number of ether oxygens (including phenoxy) is 1. The highest BCUT2D eigenvalue weighted by Gasteiger charge is 2.40. The molecule has 2 amide bonds. The molecule has 32 heavy (non-hydrogen) atoms. The van der Waals surface area contributed by atoms with E-state index in [4.69, 9.17) is 0 Å². The molecule has 0 saturated carbocycles. The number of carbonyl (C=O) groups excluding carboxylic acids is 1. The van der Waals surface area contributed by atoms with Crippen molar-refractivity contribution in [2.45, 2.75) is 18.9 Å². The molecule has 1 fully saturated rings. The van der Waals surface area contributed by atoms with Crippen molar-refractivity contribution < 1.29 is 35.9 Å². The van der Waals surface area contributed by atoms with E-state index < -0.39 is 31.5 Å². The predicted molar refractivity (Wildman–Crippen MR) is 109 cm³/mol. The van der Waals surface area contributed by atoms with E-state index in [1.807, 2.05) is 0 Å². The minimum atomic E-state index is -4.63. The summed E-state index contributed by atoms with van der Waals surface area (Å²) in [4.78, 5) is 18.7. The molecule has 0 atom stereocenters. The highest BCUT2D eigenvalue weighted by molar-refractivity contribution is 8.14. The van der Waals surface area contributed by atoms with Gasteiger partial charge in [-0.3, -0.25) is 14.8 Å². The van der Waals surface area contributed by atoms with E-state index in [1.165, 1.54) is 29.2 Å². The van der Waals surface area contributed by atoms with Crippen LogP contribution in [0.5, 0.6) is 5.75 Å². The Balaban J connectivity index is 1.73. The van der Waals surface area contributed by atoms with Crippen LogP contribution in [0, 0.1) is 0 Å². The van der Waals surface area contributed by atoms with E-state index in [1.54, 1.807) is 30.3 Å². The number of rotatable bonds is 6. The molecule has 1 aliphatic rings. The number of thioether (sulfide) groups is 1. The lowest BCUT2D eigenvalue weighted by Crippen LogP contribution is -2.53. The molecule has 1 heterocycles. The summed E-state index contributed by atoms with van der Waals surface area (Å²) in [5.41, 5.74) is 0.994. The van der Waals surface area contributed by atoms with E-state index in [0.29, 0.717) is 16.2 Å². The minimum Gasteiger partial charge on any atom is -0.484 e. The number of halogens is 6. The highest BCUT2D eigenvalue weighted by Crippen LogP contribution is 2.29. The van der Waals surface area contributed by atoms with Crippen molar-refractivity contribution in [1.29, 1.82) is 0 Å². The standard InChI is InChI=1S/C20H17F6N3O2S/c21-19(22,23)11-28-17(32-13-29(18(28)30)15-4-2-1-3-5-15)27-10-14-6-8-16(9-7-14)31-12-20(24,25)26/h1-9H,10-13H2/b27-17+. The van der Waals surface area contributed by atoms with Crippen LogP contribution in [-0.4, -0.2) is 47.5 Å². The lowest BCUT2D eigenvalue weighted by Gasteiger charge is -2.36. The molecule has 0 radical (unpaired) electrons. The van der Waals surface area contributed by atoms with Gasteiger partial charge in [0.2, 0.25) is 0 Å². The van der Waals surface area contributed by atoms with Crippen molar-refractivity contribution in [3.63, 3.8) is 0 Å². The van der Waals surface area contributed by atoms with E-state index in [-0.39, 0.29) is 23.3 Å². The summed E-state index contributed by atoms with van der Waals surface area (Å²) in [6.45, 7) is -2.99. The number of anilines is 1. The molecule has 0 aliphatic carbocycles. The van der Waals surface area contributed by atoms with Gasteiger partial charge < -0.3 is 4.74 Å². The molecule has 3 rings (SSSR count). The highest BCUT2D eigenvalue weighted by atomic mass is 32.2. The number of hydrogen-bond acceptors (Lipinski definition) is 4.